The van der Waals surface area contributed by atoms with Crippen LogP contribution in [0, 0.1) is 17.8 Å². The van der Waals surface area contributed by atoms with Crippen molar-refractivity contribution in [1.82, 2.24) is 0 Å². The molecule has 2 rings (SSSR count). The van der Waals surface area contributed by atoms with Crippen molar-refractivity contribution in [2.24, 2.45) is 10.8 Å². The highest BCUT2D eigenvalue weighted by atomic mass is 16.4. The van der Waals surface area contributed by atoms with Gasteiger partial charge in [0.25, 0.3) is 0 Å². The van der Waals surface area contributed by atoms with Crippen LogP contribution in [0.2, 0.25) is 0 Å². The van der Waals surface area contributed by atoms with E-state index in [2.05, 4.69) is 45.9 Å². The fourth-order valence-corrected chi connectivity index (χ4v) is 4.52. The highest BCUT2D eigenvalue weighted by molar-refractivity contribution is 5.77. The lowest BCUT2D eigenvalue weighted by Gasteiger charge is -2.17. The molecule has 0 heterocycles. The van der Waals surface area contributed by atoms with Crippen molar-refractivity contribution in [1.29, 1.82) is 0 Å². The molecule has 0 amide bonds. The molecule has 2 heteroatoms. The molecule has 1 aromatic carbocycles. The second-order valence-electron chi connectivity index (χ2n) is 10.7. The molecular weight excluding hydrogens is 356 g/mol. The average molecular weight is 401 g/mol. The molecule has 0 bridgehead atoms. The summed E-state index contributed by atoms with van der Waals surface area (Å²) < 4.78 is 0. The van der Waals surface area contributed by atoms with E-state index >= 15 is 0 Å². The summed E-state index contributed by atoms with van der Waals surface area (Å²) in [6, 6.07) is 6.80. The van der Waals surface area contributed by atoms with E-state index < -0.39 is 5.97 Å². The van der Waals surface area contributed by atoms with Crippen LogP contribution in [-0.2, 0) is 17.6 Å². The lowest BCUT2D eigenvalue weighted by Crippen LogP contribution is -2.14. The van der Waals surface area contributed by atoms with E-state index in [4.69, 9.17) is 0 Å². The first kappa shape index (κ1) is 24.0. The average Bonchev–Trinajstić information content (AvgIpc) is 3.43. The lowest BCUT2D eigenvalue weighted by atomic mass is 9.89. The van der Waals surface area contributed by atoms with E-state index in [0.717, 1.165) is 25.7 Å². The standard InChI is InChI=1S/C27H44O2/c1-22-14-13-16-23(24(22)17-10-6-7-11-18-26(2,3)4)15-9-5-8-12-19-27(20-21-27)25(28)29/h13-14,16H,5-12,15,17-21H2,1-4H3,(H,28,29). The quantitative estimate of drug-likeness (QED) is 0.322. The summed E-state index contributed by atoms with van der Waals surface area (Å²) in [6.45, 7) is 9.27. The second-order valence-corrected chi connectivity index (χ2v) is 10.7. The Balaban J connectivity index is 1.66. The van der Waals surface area contributed by atoms with Crippen molar-refractivity contribution in [3.63, 3.8) is 0 Å². The molecule has 164 valence electrons. The number of carboxylic acids is 1. The van der Waals surface area contributed by atoms with Gasteiger partial charge in [-0.05, 0) is 80.4 Å². The van der Waals surface area contributed by atoms with Gasteiger partial charge in [0.1, 0.15) is 0 Å². The van der Waals surface area contributed by atoms with E-state index in [1.165, 1.54) is 69.8 Å². The molecule has 0 spiro atoms. The molecule has 1 saturated carbocycles. The molecule has 1 fully saturated rings. The SMILES string of the molecule is Cc1cccc(CCCCCCC2(C(=O)O)CC2)c1CCCCCCC(C)(C)C. The maximum absolute atomic E-state index is 11.2. The first-order valence-electron chi connectivity index (χ1n) is 12.0. The zero-order valence-corrected chi connectivity index (χ0v) is 19.5. The maximum Gasteiger partial charge on any atom is 0.309 e. The Morgan fingerprint density at radius 3 is 2.17 bits per heavy atom. The van der Waals surface area contributed by atoms with E-state index in [1.807, 2.05) is 0 Å². The Labute approximate surface area is 179 Å². The topological polar surface area (TPSA) is 37.3 Å². The Morgan fingerprint density at radius 1 is 0.931 bits per heavy atom. The molecule has 1 aliphatic carbocycles. The van der Waals surface area contributed by atoms with Crippen LogP contribution in [0.25, 0.3) is 0 Å². The van der Waals surface area contributed by atoms with Crippen LogP contribution in [0.1, 0.15) is 115 Å². The van der Waals surface area contributed by atoms with E-state index in [9.17, 15) is 9.90 Å². The summed E-state index contributed by atoms with van der Waals surface area (Å²) in [4.78, 5) is 11.2. The number of hydrogen-bond acceptors (Lipinski definition) is 1. The Kier molecular flexibility index (Phi) is 9.24. The summed E-state index contributed by atoms with van der Waals surface area (Å²) in [5, 5.41) is 9.27. The fraction of sp³-hybridized carbons (Fsp3) is 0.741. The largest absolute Gasteiger partial charge is 0.481 e. The third-order valence-electron chi connectivity index (χ3n) is 6.77. The molecule has 0 aliphatic heterocycles. The Bertz CT molecular complexity index is 634. The van der Waals surface area contributed by atoms with Gasteiger partial charge in [0.2, 0.25) is 0 Å². The number of rotatable bonds is 14. The van der Waals surface area contributed by atoms with Gasteiger partial charge in [0.05, 0.1) is 5.41 Å². The summed E-state index contributed by atoms with van der Waals surface area (Å²) >= 11 is 0. The van der Waals surface area contributed by atoms with E-state index in [0.29, 0.717) is 5.41 Å². The molecule has 1 aliphatic rings. The van der Waals surface area contributed by atoms with Crippen molar-refractivity contribution in [2.75, 3.05) is 0 Å². The first-order valence-corrected chi connectivity index (χ1v) is 12.0. The van der Waals surface area contributed by atoms with Gasteiger partial charge in [0.15, 0.2) is 0 Å². The molecule has 0 saturated heterocycles. The molecule has 29 heavy (non-hydrogen) atoms. The third-order valence-corrected chi connectivity index (χ3v) is 6.77. The predicted molar refractivity (Wildman–Crippen MR) is 124 cm³/mol. The van der Waals surface area contributed by atoms with Crippen molar-refractivity contribution in [3.8, 4) is 0 Å². The van der Waals surface area contributed by atoms with Crippen LogP contribution in [-0.4, -0.2) is 11.1 Å². The molecule has 0 radical (unpaired) electrons. The predicted octanol–water partition coefficient (Wildman–Crippen LogP) is 7.89. The smallest absolute Gasteiger partial charge is 0.309 e. The number of unbranched alkanes of at least 4 members (excludes halogenated alkanes) is 6. The van der Waals surface area contributed by atoms with Crippen LogP contribution in [0.15, 0.2) is 18.2 Å². The molecule has 0 aromatic heterocycles. The minimum atomic E-state index is -0.569. The van der Waals surface area contributed by atoms with Gasteiger partial charge in [0, 0.05) is 0 Å². The van der Waals surface area contributed by atoms with Gasteiger partial charge in [-0.2, -0.15) is 0 Å². The van der Waals surface area contributed by atoms with Crippen LogP contribution in [0.3, 0.4) is 0 Å². The van der Waals surface area contributed by atoms with E-state index in [1.54, 1.807) is 11.1 Å². The molecule has 1 aromatic rings. The highest BCUT2D eigenvalue weighted by Gasteiger charge is 2.49. The van der Waals surface area contributed by atoms with Crippen molar-refractivity contribution in [2.45, 2.75) is 118 Å². The van der Waals surface area contributed by atoms with Crippen molar-refractivity contribution >= 4 is 5.97 Å². The summed E-state index contributed by atoms with van der Waals surface area (Å²) in [5.41, 5.74) is 4.72. The number of carbonyl (C=O) groups is 1. The van der Waals surface area contributed by atoms with Crippen molar-refractivity contribution in [3.05, 3.63) is 34.9 Å². The van der Waals surface area contributed by atoms with Crippen LogP contribution < -0.4 is 0 Å². The summed E-state index contributed by atoms with van der Waals surface area (Å²) in [7, 11) is 0. The number of aliphatic carboxylic acids is 1. The zero-order valence-electron chi connectivity index (χ0n) is 19.5. The molecule has 0 atom stereocenters. The van der Waals surface area contributed by atoms with Gasteiger partial charge in [-0.15, -0.1) is 0 Å². The Hall–Kier alpha value is -1.31. The first-order chi connectivity index (χ1) is 13.7. The zero-order chi connectivity index (χ0) is 21.3. The third kappa shape index (κ3) is 8.52. The number of aryl methyl sites for hydroxylation is 2. The van der Waals surface area contributed by atoms with Crippen LogP contribution >= 0.6 is 0 Å². The van der Waals surface area contributed by atoms with Gasteiger partial charge in [-0.3, -0.25) is 4.79 Å². The number of benzene rings is 1. The summed E-state index contributed by atoms with van der Waals surface area (Å²) in [5.74, 6) is -0.569. The molecule has 1 N–H and O–H groups in total. The van der Waals surface area contributed by atoms with Gasteiger partial charge in [-0.25, -0.2) is 0 Å². The molecule has 0 unspecified atom stereocenters. The van der Waals surface area contributed by atoms with Crippen molar-refractivity contribution < 1.29 is 9.90 Å². The Morgan fingerprint density at radius 2 is 1.55 bits per heavy atom. The minimum Gasteiger partial charge on any atom is -0.481 e. The van der Waals surface area contributed by atoms with Gasteiger partial charge >= 0.3 is 5.97 Å². The number of hydrogen-bond donors (Lipinski definition) is 1. The molecular formula is C27H44O2. The monoisotopic (exact) mass is 400 g/mol. The summed E-state index contributed by atoms with van der Waals surface area (Å²) in [6.07, 6.45) is 16.4. The minimum absolute atomic E-state index is 0.337. The maximum atomic E-state index is 11.2. The second kappa shape index (κ2) is 11.2. The highest BCUT2D eigenvalue weighted by Crippen LogP contribution is 2.50. The van der Waals surface area contributed by atoms with Gasteiger partial charge < -0.3 is 5.11 Å². The van der Waals surface area contributed by atoms with Crippen LogP contribution in [0.4, 0.5) is 0 Å². The van der Waals surface area contributed by atoms with E-state index in [-0.39, 0.29) is 5.41 Å². The van der Waals surface area contributed by atoms with Crippen LogP contribution in [0.5, 0.6) is 0 Å². The lowest BCUT2D eigenvalue weighted by molar-refractivity contribution is -0.143. The fourth-order valence-electron chi connectivity index (χ4n) is 4.52. The van der Waals surface area contributed by atoms with Gasteiger partial charge in [-0.1, -0.05) is 77.5 Å². The normalized spacial score (nSPS) is 15.4. The molecule has 2 nitrogen and oxygen atoms in total. The number of carboxylic acid groups (broad SMARTS) is 1.